The number of hydrogen-bond donors (Lipinski definition) is 1. The quantitative estimate of drug-likeness (QED) is 0.776. The van der Waals surface area contributed by atoms with E-state index in [1.165, 1.54) is 11.0 Å². The molecule has 0 aromatic heterocycles. The van der Waals surface area contributed by atoms with Crippen LogP contribution in [0.3, 0.4) is 0 Å². The largest absolute Gasteiger partial charge is 0.350 e. The minimum absolute atomic E-state index is 0.00201. The normalized spacial score (nSPS) is 20.4. The Labute approximate surface area is 185 Å². The van der Waals surface area contributed by atoms with E-state index in [2.05, 4.69) is 5.32 Å². The molecule has 0 bridgehead atoms. The van der Waals surface area contributed by atoms with Crippen molar-refractivity contribution >= 4 is 17.7 Å². The van der Waals surface area contributed by atoms with Gasteiger partial charge in [0.15, 0.2) is 11.6 Å². The second kappa shape index (κ2) is 9.46. The third kappa shape index (κ3) is 4.49. The van der Waals surface area contributed by atoms with Crippen LogP contribution in [0.25, 0.3) is 0 Å². The molecule has 2 aliphatic rings. The lowest BCUT2D eigenvalue weighted by Gasteiger charge is -2.31. The van der Waals surface area contributed by atoms with E-state index in [1.54, 1.807) is 4.90 Å². The first-order chi connectivity index (χ1) is 15.5. The molecule has 2 saturated heterocycles. The van der Waals surface area contributed by atoms with Crippen molar-refractivity contribution in [1.82, 2.24) is 15.1 Å². The van der Waals surface area contributed by atoms with Crippen molar-refractivity contribution in [1.29, 1.82) is 0 Å². The van der Waals surface area contributed by atoms with E-state index in [-0.39, 0.29) is 17.4 Å². The molecule has 6 nitrogen and oxygen atoms in total. The predicted molar refractivity (Wildman–Crippen MR) is 113 cm³/mol. The fraction of sp³-hybridized carbons (Fsp3) is 0.375. The number of benzene rings is 2. The summed E-state index contributed by atoms with van der Waals surface area (Å²) in [6, 6.07) is 11.2. The van der Waals surface area contributed by atoms with Gasteiger partial charge in [-0.25, -0.2) is 8.78 Å². The molecular weight excluding hydrogens is 416 g/mol. The predicted octanol–water partition coefficient (Wildman–Crippen LogP) is 2.88. The number of carbonyl (C=O) groups excluding carboxylic acids is 3. The minimum Gasteiger partial charge on any atom is -0.350 e. The zero-order valence-corrected chi connectivity index (χ0v) is 17.6. The maximum absolute atomic E-state index is 13.6. The summed E-state index contributed by atoms with van der Waals surface area (Å²) in [5.74, 6) is -3.12. The molecule has 168 valence electrons. The average molecular weight is 441 g/mol. The fourth-order valence-corrected chi connectivity index (χ4v) is 4.46. The molecule has 2 atom stereocenters. The summed E-state index contributed by atoms with van der Waals surface area (Å²) in [4.78, 5) is 42.0. The van der Waals surface area contributed by atoms with Crippen molar-refractivity contribution in [2.45, 2.75) is 44.3 Å². The molecule has 2 aromatic rings. The highest BCUT2D eigenvalue weighted by Gasteiger charge is 2.42. The molecule has 2 heterocycles. The highest BCUT2D eigenvalue weighted by Crippen LogP contribution is 2.26. The lowest BCUT2D eigenvalue weighted by molar-refractivity contribution is -0.141. The molecule has 0 unspecified atom stereocenters. The highest BCUT2D eigenvalue weighted by atomic mass is 19.2. The first kappa shape index (κ1) is 21.9. The molecular formula is C24H25F2N3O3. The smallest absolute Gasteiger partial charge is 0.254 e. The van der Waals surface area contributed by atoms with Gasteiger partial charge in [0.1, 0.15) is 12.1 Å². The van der Waals surface area contributed by atoms with Gasteiger partial charge in [0.25, 0.3) is 5.91 Å². The number of rotatable bonds is 5. The van der Waals surface area contributed by atoms with Crippen molar-refractivity contribution in [3.8, 4) is 0 Å². The zero-order chi connectivity index (χ0) is 22.7. The molecule has 8 heteroatoms. The summed E-state index contributed by atoms with van der Waals surface area (Å²) in [7, 11) is 0. The number of nitrogens with one attached hydrogen (secondary N) is 1. The van der Waals surface area contributed by atoms with Gasteiger partial charge in [0.2, 0.25) is 11.8 Å². The number of amides is 3. The Morgan fingerprint density at radius 1 is 0.875 bits per heavy atom. The van der Waals surface area contributed by atoms with Crippen LogP contribution in [0.4, 0.5) is 8.78 Å². The van der Waals surface area contributed by atoms with Gasteiger partial charge < -0.3 is 15.1 Å². The van der Waals surface area contributed by atoms with Gasteiger partial charge in [-0.2, -0.15) is 0 Å². The molecule has 2 fully saturated rings. The van der Waals surface area contributed by atoms with Crippen LogP contribution in [0.5, 0.6) is 0 Å². The monoisotopic (exact) mass is 441 g/mol. The Hall–Kier alpha value is -3.29. The SMILES string of the molecule is O=C(NCc1ccccc1)[C@H]1CCCN1C(=O)[C@H]1CCCN1C(=O)c1ccc(F)c(F)c1. The number of nitrogens with zero attached hydrogens (tertiary/aromatic N) is 2. The second-order valence-corrected chi connectivity index (χ2v) is 8.18. The summed E-state index contributed by atoms with van der Waals surface area (Å²) in [5, 5.41) is 2.90. The van der Waals surface area contributed by atoms with Gasteiger partial charge >= 0.3 is 0 Å². The third-order valence-corrected chi connectivity index (χ3v) is 6.11. The van der Waals surface area contributed by atoms with E-state index >= 15 is 0 Å². The van der Waals surface area contributed by atoms with Crippen molar-refractivity contribution in [3.05, 3.63) is 71.3 Å². The summed E-state index contributed by atoms with van der Waals surface area (Å²) >= 11 is 0. The summed E-state index contributed by atoms with van der Waals surface area (Å²) in [6.45, 7) is 1.18. The molecule has 3 amide bonds. The molecule has 0 saturated carbocycles. The van der Waals surface area contributed by atoms with Crippen molar-refractivity contribution in [2.24, 2.45) is 0 Å². The standard InChI is InChI=1S/C24H25F2N3O3/c25-18-11-10-17(14-19(18)26)23(31)29-13-5-9-21(29)24(32)28-12-4-8-20(28)22(30)27-15-16-6-2-1-3-7-16/h1-3,6-7,10-11,14,20-21H,4-5,8-9,12-13,15H2,(H,27,30)/t20-,21-/m1/s1. The van der Waals surface area contributed by atoms with Gasteiger partial charge in [0.05, 0.1) is 0 Å². The van der Waals surface area contributed by atoms with E-state index in [9.17, 15) is 23.2 Å². The maximum Gasteiger partial charge on any atom is 0.254 e. The molecule has 4 rings (SSSR count). The van der Waals surface area contributed by atoms with Crippen LogP contribution in [0.15, 0.2) is 48.5 Å². The molecule has 0 aliphatic carbocycles. The Kier molecular flexibility index (Phi) is 6.48. The zero-order valence-electron chi connectivity index (χ0n) is 17.6. The summed E-state index contributed by atoms with van der Waals surface area (Å²) in [6.07, 6.45) is 2.38. The van der Waals surface area contributed by atoms with Gasteiger partial charge in [-0.1, -0.05) is 30.3 Å². The lowest BCUT2D eigenvalue weighted by atomic mass is 10.1. The lowest BCUT2D eigenvalue weighted by Crippen LogP contribution is -2.52. The van der Waals surface area contributed by atoms with Crippen LogP contribution in [-0.2, 0) is 16.1 Å². The van der Waals surface area contributed by atoms with Crippen molar-refractivity contribution < 1.29 is 23.2 Å². The third-order valence-electron chi connectivity index (χ3n) is 6.11. The van der Waals surface area contributed by atoms with Crippen LogP contribution in [0.2, 0.25) is 0 Å². The molecule has 2 aliphatic heterocycles. The molecule has 1 N–H and O–H groups in total. The van der Waals surface area contributed by atoms with Crippen molar-refractivity contribution in [2.75, 3.05) is 13.1 Å². The molecule has 0 spiro atoms. The second-order valence-electron chi connectivity index (χ2n) is 8.18. The number of hydrogen-bond acceptors (Lipinski definition) is 3. The van der Waals surface area contributed by atoms with E-state index < -0.39 is 29.6 Å². The molecule has 32 heavy (non-hydrogen) atoms. The fourth-order valence-electron chi connectivity index (χ4n) is 4.46. The average Bonchev–Trinajstić information content (AvgIpc) is 3.49. The minimum atomic E-state index is -1.10. The summed E-state index contributed by atoms with van der Waals surface area (Å²) in [5.41, 5.74) is 0.970. The number of halogens is 2. The maximum atomic E-state index is 13.6. The Bertz CT molecular complexity index is 1010. The van der Waals surface area contributed by atoms with E-state index in [4.69, 9.17) is 0 Å². The van der Waals surface area contributed by atoms with Crippen molar-refractivity contribution in [3.63, 3.8) is 0 Å². The number of likely N-dealkylation sites (tertiary alicyclic amines) is 2. The van der Waals surface area contributed by atoms with Gasteiger partial charge in [-0.15, -0.1) is 0 Å². The van der Waals surface area contributed by atoms with Crippen LogP contribution in [0.1, 0.15) is 41.6 Å². The molecule has 0 radical (unpaired) electrons. The van der Waals surface area contributed by atoms with Crippen LogP contribution < -0.4 is 5.32 Å². The van der Waals surface area contributed by atoms with Crippen LogP contribution in [-0.4, -0.2) is 52.7 Å². The molecule has 2 aromatic carbocycles. The first-order valence-electron chi connectivity index (χ1n) is 10.8. The Morgan fingerprint density at radius 3 is 2.28 bits per heavy atom. The van der Waals surface area contributed by atoms with Gasteiger partial charge in [-0.05, 0) is 49.4 Å². The highest BCUT2D eigenvalue weighted by molar-refractivity contribution is 5.99. The summed E-state index contributed by atoms with van der Waals surface area (Å²) < 4.78 is 26.8. The van der Waals surface area contributed by atoms with Gasteiger partial charge in [0, 0.05) is 25.2 Å². The topological polar surface area (TPSA) is 69.7 Å². The van der Waals surface area contributed by atoms with Crippen LogP contribution in [0, 0.1) is 11.6 Å². The van der Waals surface area contributed by atoms with Crippen LogP contribution >= 0.6 is 0 Å². The van der Waals surface area contributed by atoms with E-state index in [1.807, 2.05) is 30.3 Å². The Morgan fingerprint density at radius 2 is 1.56 bits per heavy atom. The van der Waals surface area contributed by atoms with Gasteiger partial charge in [-0.3, -0.25) is 14.4 Å². The van der Waals surface area contributed by atoms with E-state index in [0.717, 1.165) is 17.7 Å². The van der Waals surface area contributed by atoms with E-state index in [0.29, 0.717) is 45.3 Å². The Balaban J connectivity index is 1.44. The number of carbonyl (C=O) groups is 3. The first-order valence-corrected chi connectivity index (χ1v) is 10.8.